The third-order valence-corrected chi connectivity index (χ3v) is 5.10. The summed E-state index contributed by atoms with van der Waals surface area (Å²) in [5.41, 5.74) is 4.71. The molecule has 118 valence electrons. The second kappa shape index (κ2) is 5.73. The number of nitrogens with zero attached hydrogens (tertiary/aromatic N) is 1. The van der Waals surface area contributed by atoms with E-state index in [0.717, 1.165) is 31.5 Å². The van der Waals surface area contributed by atoms with Gasteiger partial charge in [-0.2, -0.15) is 0 Å². The van der Waals surface area contributed by atoms with Gasteiger partial charge in [0.2, 0.25) is 0 Å². The van der Waals surface area contributed by atoms with Gasteiger partial charge in [-0.05, 0) is 43.5 Å². The van der Waals surface area contributed by atoms with Gasteiger partial charge < -0.3 is 10.2 Å². The maximum atomic E-state index is 12.8. The van der Waals surface area contributed by atoms with Crippen LogP contribution in [0.2, 0.25) is 0 Å². The molecule has 2 aromatic rings. The maximum absolute atomic E-state index is 12.8. The molecule has 0 radical (unpaired) electrons. The fourth-order valence-corrected chi connectivity index (χ4v) is 3.91. The summed E-state index contributed by atoms with van der Waals surface area (Å²) in [5, 5.41) is 3.66. The van der Waals surface area contributed by atoms with Gasteiger partial charge in [0.25, 0.3) is 5.91 Å². The van der Waals surface area contributed by atoms with E-state index in [1.165, 1.54) is 16.8 Å². The van der Waals surface area contributed by atoms with Crippen LogP contribution in [0.4, 0.5) is 5.69 Å². The van der Waals surface area contributed by atoms with Crippen molar-refractivity contribution in [3.63, 3.8) is 0 Å². The highest BCUT2D eigenvalue weighted by molar-refractivity contribution is 5.94. The van der Waals surface area contributed by atoms with Crippen molar-refractivity contribution in [1.29, 1.82) is 0 Å². The van der Waals surface area contributed by atoms with Crippen LogP contribution in [0.3, 0.4) is 0 Å². The van der Waals surface area contributed by atoms with Crippen molar-refractivity contribution in [2.24, 2.45) is 0 Å². The number of amides is 1. The van der Waals surface area contributed by atoms with Gasteiger partial charge in [0.1, 0.15) is 0 Å². The van der Waals surface area contributed by atoms with E-state index in [9.17, 15) is 4.79 Å². The molecule has 2 aliphatic heterocycles. The number of likely N-dealkylation sites (tertiary alicyclic amines) is 1. The minimum atomic E-state index is 0.160. The molecule has 0 spiro atoms. The molecule has 23 heavy (non-hydrogen) atoms. The van der Waals surface area contributed by atoms with E-state index < -0.39 is 0 Å². The molecular weight excluding hydrogens is 284 g/mol. The molecule has 0 unspecified atom stereocenters. The van der Waals surface area contributed by atoms with Crippen molar-refractivity contribution in [3.8, 4) is 0 Å². The zero-order valence-electron chi connectivity index (χ0n) is 13.5. The van der Waals surface area contributed by atoms with E-state index >= 15 is 0 Å². The molecule has 3 heteroatoms. The molecule has 1 N–H and O–H groups in total. The van der Waals surface area contributed by atoms with Crippen LogP contribution in [0.15, 0.2) is 48.5 Å². The molecule has 1 fully saturated rings. The second-order valence-electron chi connectivity index (χ2n) is 6.71. The first kappa shape index (κ1) is 14.3. The van der Waals surface area contributed by atoms with Crippen LogP contribution in [0.1, 0.15) is 40.2 Å². The number of carbonyl (C=O) groups excluding carboxylic acids is 1. The summed E-state index contributed by atoms with van der Waals surface area (Å²) in [7, 11) is 0. The average molecular weight is 306 g/mol. The van der Waals surface area contributed by atoms with Crippen LogP contribution in [0, 0.1) is 6.92 Å². The predicted octanol–water partition coefficient (Wildman–Crippen LogP) is 3.81. The van der Waals surface area contributed by atoms with Crippen molar-refractivity contribution in [1.82, 2.24) is 4.90 Å². The van der Waals surface area contributed by atoms with Crippen LogP contribution in [0.5, 0.6) is 0 Å². The molecule has 1 saturated heterocycles. The highest BCUT2D eigenvalue weighted by atomic mass is 16.2. The zero-order chi connectivity index (χ0) is 15.8. The fraction of sp³-hybridized carbons (Fsp3) is 0.350. The van der Waals surface area contributed by atoms with E-state index in [4.69, 9.17) is 0 Å². The van der Waals surface area contributed by atoms with Gasteiger partial charge in [0, 0.05) is 36.3 Å². The minimum Gasteiger partial charge on any atom is -0.381 e. The molecule has 0 bridgehead atoms. The fourth-order valence-electron chi connectivity index (χ4n) is 3.91. The summed E-state index contributed by atoms with van der Waals surface area (Å²) in [6.07, 6.45) is 2.18. The standard InChI is InChI=1S/C20H22N2O/c1-14-9-10-19-16(12-14)17-13-22(11-5-8-18(17)21-19)20(23)15-6-3-2-4-7-15/h2-4,6-7,9-10,12,17-18,21H,5,8,11,13H2,1H3/t17-,18+/m0/s1. The topological polar surface area (TPSA) is 32.3 Å². The predicted molar refractivity (Wildman–Crippen MR) is 92.9 cm³/mol. The van der Waals surface area contributed by atoms with Gasteiger partial charge in [-0.15, -0.1) is 0 Å². The summed E-state index contributed by atoms with van der Waals surface area (Å²) < 4.78 is 0. The average Bonchev–Trinajstić information content (AvgIpc) is 2.77. The molecule has 0 aromatic heterocycles. The summed E-state index contributed by atoms with van der Waals surface area (Å²) in [6, 6.07) is 16.7. The van der Waals surface area contributed by atoms with Crippen molar-refractivity contribution < 1.29 is 4.79 Å². The molecule has 2 aromatic carbocycles. The van der Waals surface area contributed by atoms with E-state index in [-0.39, 0.29) is 5.91 Å². The number of benzene rings is 2. The van der Waals surface area contributed by atoms with Gasteiger partial charge >= 0.3 is 0 Å². The van der Waals surface area contributed by atoms with Crippen molar-refractivity contribution >= 4 is 11.6 Å². The lowest BCUT2D eigenvalue weighted by Gasteiger charge is -2.25. The Labute approximate surface area is 137 Å². The van der Waals surface area contributed by atoms with Gasteiger partial charge in [-0.25, -0.2) is 0 Å². The van der Waals surface area contributed by atoms with Crippen molar-refractivity contribution in [2.75, 3.05) is 18.4 Å². The Morgan fingerprint density at radius 3 is 2.83 bits per heavy atom. The summed E-state index contributed by atoms with van der Waals surface area (Å²) >= 11 is 0. The molecule has 2 atom stereocenters. The Hall–Kier alpha value is -2.29. The molecule has 2 aliphatic rings. The van der Waals surface area contributed by atoms with Crippen LogP contribution >= 0.6 is 0 Å². The zero-order valence-corrected chi connectivity index (χ0v) is 13.5. The van der Waals surface area contributed by atoms with Gasteiger partial charge in [-0.3, -0.25) is 4.79 Å². The normalized spacial score (nSPS) is 22.7. The Bertz CT molecular complexity index is 726. The smallest absolute Gasteiger partial charge is 0.253 e. The van der Waals surface area contributed by atoms with Crippen LogP contribution < -0.4 is 5.32 Å². The first-order valence-corrected chi connectivity index (χ1v) is 8.44. The third-order valence-electron chi connectivity index (χ3n) is 5.10. The molecular formula is C20H22N2O. The minimum absolute atomic E-state index is 0.160. The number of carbonyl (C=O) groups is 1. The molecule has 4 rings (SSSR count). The Kier molecular flexibility index (Phi) is 3.56. The van der Waals surface area contributed by atoms with Gasteiger partial charge in [-0.1, -0.05) is 35.9 Å². The highest BCUT2D eigenvalue weighted by Gasteiger charge is 2.36. The number of hydrogen-bond donors (Lipinski definition) is 1. The van der Waals surface area contributed by atoms with E-state index in [2.05, 4.69) is 30.4 Å². The summed E-state index contributed by atoms with van der Waals surface area (Å²) in [5.74, 6) is 0.562. The summed E-state index contributed by atoms with van der Waals surface area (Å²) in [6.45, 7) is 3.79. The molecule has 2 heterocycles. The van der Waals surface area contributed by atoms with E-state index in [1.54, 1.807) is 0 Å². The number of fused-ring (bicyclic) bond motifs is 3. The molecule has 1 amide bonds. The quantitative estimate of drug-likeness (QED) is 0.869. The first-order chi connectivity index (χ1) is 11.2. The van der Waals surface area contributed by atoms with Crippen LogP contribution in [-0.4, -0.2) is 29.9 Å². The number of hydrogen-bond acceptors (Lipinski definition) is 2. The largest absolute Gasteiger partial charge is 0.381 e. The molecule has 0 aliphatic carbocycles. The number of aryl methyl sites for hydroxylation is 1. The van der Waals surface area contributed by atoms with Crippen LogP contribution in [-0.2, 0) is 0 Å². The number of rotatable bonds is 1. The molecule has 0 saturated carbocycles. The van der Waals surface area contributed by atoms with Crippen molar-refractivity contribution in [2.45, 2.75) is 31.7 Å². The second-order valence-corrected chi connectivity index (χ2v) is 6.71. The van der Waals surface area contributed by atoms with Crippen LogP contribution in [0.25, 0.3) is 0 Å². The number of nitrogens with one attached hydrogen (secondary N) is 1. The monoisotopic (exact) mass is 306 g/mol. The maximum Gasteiger partial charge on any atom is 0.253 e. The lowest BCUT2D eigenvalue weighted by Crippen LogP contribution is -2.35. The Morgan fingerprint density at radius 2 is 2.00 bits per heavy atom. The third kappa shape index (κ3) is 2.61. The van der Waals surface area contributed by atoms with E-state index in [1.807, 2.05) is 35.2 Å². The molecule has 3 nitrogen and oxygen atoms in total. The summed E-state index contributed by atoms with van der Waals surface area (Å²) in [4.78, 5) is 14.9. The lowest BCUT2D eigenvalue weighted by atomic mass is 9.92. The highest BCUT2D eigenvalue weighted by Crippen LogP contribution is 2.40. The lowest BCUT2D eigenvalue weighted by molar-refractivity contribution is 0.0754. The van der Waals surface area contributed by atoms with E-state index in [0.29, 0.717) is 12.0 Å². The number of anilines is 1. The van der Waals surface area contributed by atoms with Gasteiger partial charge in [0.15, 0.2) is 0 Å². The van der Waals surface area contributed by atoms with Crippen molar-refractivity contribution in [3.05, 3.63) is 65.2 Å². The first-order valence-electron chi connectivity index (χ1n) is 8.44. The SMILES string of the molecule is Cc1ccc2c(c1)[C@@H]1CN(C(=O)c3ccccc3)CCC[C@H]1N2. The Morgan fingerprint density at radius 1 is 1.17 bits per heavy atom. The Balaban J connectivity index is 1.62. The van der Waals surface area contributed by atoms with Gasteiger partial charge in [0.05, 0.1) is 0 Å².